The number of para-hydroxylation sites is 1. The Balaban J connectivity index is 1.69. The van der Waals surface area contributed by atoms with Crippen LogP contribution in [0.5, 0.6) is 0 Å². The number of carbonyl (C=O) groups excluding carboxylic acids is 2. The molecule has 0 fully saturated rings. The van der Waals surface area contributed by atoms with Crippen LogP contribution >= 0.6 is 0 Å². The molecule has 0 aliphatic carbocycles. The minimum Gasteiger partial charge on any atom is -0.325 e. The molecule has 4 heteroatoms. The molecule has 0 aromatic heterocycles. The lowest BCUT2D eigenvalue weighted by molar-refractivity contribution is -0.125. The highest BCUT2D eigenvalue weighted by Gasteiger charge is 2.24. The van der Waals surface area contributed by atoms with Gasteiger partial charge in [0.2, 0.25) is 11.8 Å². The molecule has 0 saturated heterocycles. The zero-order valence-corrected chi connectivity index (χ0v) is 14.1. The quantitative estimate of drug-likeness (QED) is 0.878. The summed E-state index contributed by atoms with van der Waals surface area (Å²) in [6, 6.07) is 13.7. The van der Waals surface area contributed by atoms with Crippen LogP contribution in [0.25, 0.3) is 0 Å². The van der Waals surface area contributed by atoms with Gasteiger partial charge in [-0.25, -0.2) is 0 Å². The Hall–Kier alpha value is -2.62. The number of anilines is 2. The van der Waals surface area contributed by atoms with E-state index in [9.17, 15) is 9.59 Å². The summed E-state index contributed by atoms with van der Waals surface area (Å²) in [6.45, 7) is 4.64. The van der Waals surface area contributed by atoms with Crippen LogP contribution < -0.4 is 10.2 Å². The van der Waals surface area contributed by atoms with Gasteiger partial charge in [0.05, 0.1) is 0 Å². The Bertz CT molecular complexity index is 783. The Morgan fingerprint density at radius 2 is 1.88 bits per heavy atom. The molecule has 24 heavy (non-hydrogen) atoms. The average molecular weight is 322 g/mol. The van der Waals surface area contributed by atoms with E-state index in [0.717, 1.165) is 35.3 Å². The van der Waals surface area contributed by atoms with Crippen LogP contribution in [0.2, 0.25) is 0 Å². The number of carbonyl (C=O) groups is 2. The van der Waals surface area contributed by atoms with E-state index in [2.05, 4.69) is 5.32 Å². The van der Waals surface area contributed by atoms with Crippen molar-refractivity contribution < 1.29 is 9.59 Å². The molecule has 2 amide bonds. The first kappa shape index (κ1) is 16.2. The summed E-state index contributed by atoms with van der Waals surface area (Å²) in [5.74, 6) is -0.415. The summed E-state index contributed by atoms with van der Waals surface area (Å²) in [5.41, 5.74) is 5.03. The SMILES string of the molecule is Cc1cccc(NC(=O)CC(=O)N2CCCc3ccccc32)c1C. The van der Waals surface area contributed by atoms with Crippen molar-refractivity contribution >= 4 is 23.2 Å². The maximum atomic E-state index is 12.6. The van der Waals surface area contributed by atoms with Crippen molar-refractivity contribution in [2.24, 2.45) is 0 Å². The van der Waals surface area contributed by atoms with Crippen LogP contribution in [0.3, 0.4) is 0 Å². The van der Waals surface area contributed by atoms with Crippen LogP contribution in [-0.2, 0) is 16.0 Å². The predicted molar refractivity (Wildman–Crippen MR) is 96.3 cm³/mol. The molecule has 0 spiro atoms. The lowest BCUT2D eigenvalue weighted by atomic mass is 10.0. The molecule has 2 aromatic carbocycles. The molecular weight excluding hydrogens is 300 g/mol. The fraction of sp³-hybridized carbons (Fsp3) is 0.300. The molecule has 0 radical (unpaired) electrons. The zero-order chi connectivity index (χ0) is 17.1. The van der Waals surface area contributed by atoms with E-state index in [-0.39, 0.29) is 18.2 Å². The molecule has 0 bridgehead atoms. The van der Waals surface area contributed by atoms with Gasteiger partial charge in [-0.3, -0.25) is 9.59 Å². The standard InChI is InChI=1S/C20H22N2O2/c1-14-7-5-10-17(15(14)2)21-19(23)13-20(24)22-12-6-9-16-8-3-4-11-18(16)22/h3-5,7-8,10-11H,6,9,12-13H2,1-2H3,(H,21,23). The first-order valence-electron chi connectivity index (χ1n) is 8.30. The van der Waals surface area contributed by atoms with Crippen LogP contribution in [0.4, 0.5) is 11.4 Å². The molecule has 1 N–H and O–H groups in total. The van der Waals surface area contributed by atoms with E-state index in [4.69, 9.17) is 0 Å². The monoisotopic (exact) mass is 322 g/mol. The van der Waals surface area contributed by atoms with E-state index < -0.39 is 0 Å². The van der Waals surface area contributed by atoms with Gasteiger partial charge in [-0.05, 0) is 55.5 Å². The molecule has 4 nitrogen and oxygen atoms in total. The Morgan fingerprint density at radius 3 is 2.71 bits per heavy atom. The number of rotatable bonds is 3. The number of aryl methyl sites for hydroxylation is 2. The summed E-state index contributed by atoms with van der Waals surface area (Å²) in [5, 5.41) is 2.86. The van der Waals surface area contributed by atoms with Crippen LogP contribution in [0.15, 0.2) is 42.5 Å². The van der Waals surface area contributed by atoms with Gasteiger partial charge >= 0.3 is 0 Å². The van der Waals surface area contributed by atoms with Crippen molar-refractivity contribution in [1.29, 1.82) is 0 Å². The van der Waals surface area contributed by atoms with Gasteiger partial charge < -0.3 is 10.2 Å². The van der Waals surface area contributed by atoms with Gasteiger partial charge in [-0.1, -0.05) is 30.3 Å². The van der Waals surface area contributed by atoms with Crippen molar-refractivity contribution in [3.63, 3.8) is 0 Å². The molecule has 1 aliphatic heterocycles. The summed E-state index contributed by atoms with van der Waals surface area (Å²) < 4.78 is 0. The third kappa shape index (κ3) is 3.32. The summed E-state index contributed by atoms with van der Waals surface area (Å²) in [4.78, 5) is 26.6. The highest BCUT2D eigenvalue weighted by atomic mass is 16.2. The molecule has 3 rings (SSSR count). The second kappa shape index (κ2) is 6.87. The van der Waals surface area contributed by atoms with Crippen LogP contribution in [0, 0.1) is 13.8 Å². The van der Waals surface area contributed by atoms with Gasteiger partial charge in [-0.15, -0.1) is 0 Å². The molecule has 124 valence electrons. The highest BCUT2D eigenvalue weighted by Crippen LogP contribution is 2.27. The van der Waals surface area contributed by atoms with E-state index in [1.165, 1.54) is 5.56 Å². The lowest BCUT2D eigenvalue weighted by Crippen LogP contribution is -2.37. The zero-order valence-electron chi connectivity index (χ0n) is 14.1. The van der Waals surface area contributed by atoms with Crippen LogP contribution in [0.1, 0.15) is 29.5 Å². The topological polar surface area (TPSA) is 49.4 Å². The first-order valence-corrected chi connectivity index (χ1v) is 8.30. The molecular formula is C20H22N2O2. The second-order valence-corrected chi connectivity index (χ2v) is 6.25. The first-order chi connectivity index (χ1) is 11.6. The number of nitrogens with one attached hydrogen (secondary N) is 1. The lowest BCUT2D eigenvalue weighted by Gasteiger charge is -2.29. The van der Waals surface area contributed by atoms with E-state index >= 15 is 0 Å². The third-order valence-electron chi connectivity index (χ3n) is 4.60. The second-order valence-electron chi connectivity index (χ2n) is 6.25. The number of amides is 2. The summed E-state index contributed by atoms with van der Waals surface area (Å²) in [6.07, 6.45) is 1.78. The van der Waals surface area contributed by atoms with Gasteiger partial charge in [0.1, 0.15) is 6.42 Å². The van der Waals surface area contributed by atoms with Gasteiger partial charge in [0.25, 0.3) is 0 Å². The van der Waals surface area contributed by atoms with E-state index in [1.807, 2.05) is 56.3 Å². The number of nitrogens with zero attached hydrogens (tertiary/aromatic N) is 1. The van der Waals surface area contributed by atoms with Crippen molar-refractivity contribution in [2.75, 3.05) is 16.8 Å². The Morgan fingerprint density at radius 1 is 1.08 bits per heavy atom. The number of benzene rings is 2. The number of fused-ring (bicyclic) bond motifs is 1. The molecule has 0 saturated carbocycles. The molecule has 0 unspecified atom stereocenters. The molecule has 2 aromatic rings. The molecule has 1 aliphatic rings. The minimum absolute atomic E-state index is 0.137. The highest BCUT2D eigenvalue weighted by molar-refractivity contribution is 6.09. The largest absolute Gasteiger partial charge is 0.325 e. The number of hydrogen-bond acceptors (Lipinski definition) is 2. The number of hydrogen-bond donors (Lipinski definition) is 1. The van der Waals surface area contributed by atoms with Crippen molar-refractivity contribution in [3.05, 3.63) is 59.2 Å². The smallest absolute Gasteiger partial charge is 0.236 e. The maximum absolute atomic E-state index is 12.6. The van der Waals surface area contributed by atoms with Crippen LogP contribution in [-0.4, -0.2) is 18.4 Å². The summed E-state index contributed by atoms with van der Waals surface area (Å²) >= 11 is 0. The fourth-order valence-corrected chi connectivity index (χ4v) is 3.11. The van der Waals surface area contributed by atoms with Gasteiger partial charge in [-0.2, -0.15) is 0 Å². The van der Waals surface area contributed by atoms with E-state index in [1.54, 1.807) is 4.90 Å². The predicted octanol–water partition coefficient (Wildman–Crippen LogP) is 3.61. The van der Waals surface area contributed by atoms with Crippen molar-refractivity contribution in [3.8, 4) is 0 Å². The Kier molecular flexibility index (Phi) is 4.65. The molecule has 1 heterocycles. The van der Waals surface area contributed by atoms with E-state index in [0.29, 0.717) is 6.54 Å². The summed E-state index contributed by atoms with van der Waals surface area (Å²) in [7, 11) is 0. The van der Waals surface area contributed by atoms with Gasteiger partial charge in [0, 0.05) is 17.9 Å². The minimum atomic E-state index is -0.267. The normalized spacial score (nSPS) is 13.3. The molecule has 0 atom stereocenters. The fourth-order valence-electron chi connectivity index (χ4n) is 3.11. The average Bonchev–Trinajstić information content (AvgIpc) is 2.58. The van der Waals surface area contributed by atoms with Gasteiger partial charge in [0.15, 0.2) is 0 Å². The third-order valence-corrected chi connectivity index (χ3v) is 4.60. The van der Waals surface area contributed by atoms with Crippen molar-refractivity contribution in [2.45, 2.75) is 33.1 Å². The maximum Gasteiger partial charge on any atom is 0.236 e. The van der Waals surface area contributed by atoms with Crippen molar-refractivity contribution in [1.82, 2.24) is 0 Å². The Labute approximate surface area is 142 Å².